The Morgan fingerprint density at radius 3 is 2.65 bits per heavy atom. The SMILES string of the molecule is NC1CC2CCCC(C1)C2NC(=O)CCNC(=O)c1ccsc1. The predicted molar refractivity (Wildman–Crippen MR) is 91.2 cm³/mol. The first-order valence-corrected chi connectivity index (χ1v) is 9.43. The molecule has 4 N–H and O–H groups in total. The first-order chi connectivity index (χ1) is 11.1. The van der Waals surface area contributed by atoms with Crippen molar-refractivity contribution in [3.63, 3.8) is 0 Å². The zero-order valence-electron chi connectivity index (χ0n) is 13.3. The van der Waals surface area contributed by atoms with Crippen molar-refractivity contribution in [2.75, 3.05) is 6.54 Å². The van der Waals surface area contributed by atoms with Crippen molar-refractivity contribution < 1.29 is 9.59 Å². The molecule has 0 spiro atoms. The first-order valence-electron chi connectivity index (χ1n) is 8.49. The number of hydrogen-bond acceptors (Lipinski definition) is 4. The van der Waals surface area contributed by atoms with Crippen molar-refractivity contribution in [3.8, 4) is 0 Å². The molecule has 5 nitrogen and oxygen atoms in total. The molecule has 0 saturated heterocycles. The molecule has 1 aromatic rings. The number of rotatable bonds is 5. The van der Waals surface area contributed by atoms with E-state index >= 15 is 0 Å². The predicted octanol–water partition coefficient (Wildman–Crippen LogP) is 1.89. The van der Waals surface area contributed by atoms with Gasteiger partial charge in [-0.3, -0.25) is 9.59 Å². The molecule has 2 amide bonds. The third-order valence-corrected chi connectivity index (χ3v) is 5.81. The van der Waals surface area contributed by atoms with Crippen LogP contribution in [0, 0.1) is 11.8 Å². The zero-order valence-corrected chi connectivity index (χ0v) is 14.1. The second-order valence-electron chi connectivity index (χ2n) is 6.79. The quantitative estimate of drug-likeness (QED) is 0.768. The van der Waals surface area contributed by atoms with Crippen LogP contribution in [0.4, 0.5) is 0 Å². The molecule has 23 heavy (non-hydrogen) atoms. The molecule has 6 heteroatoms. The lowest BCUT2D eigenvalue weighted by molar-refractivity contribution is -0.123. The van der Waals surface area contributed by atoms with Crippen molar-refractivity contribution in [3.05, 3.63) is 22.4 Å². The molecule has 1 aromatic heterocycles. The van der Waals surface area contributed by atoms with Crippen LogP contribution >= 0.6 is 11.3 Å². The summed E-state index contributed by atoms with van der Waals surface area (Å²) in [5, 5.41) is 9.68. The summed E-state index contributed by atoms with van der Waals surface area (Å²) in [6.45, 7) is 0.377. The summed E-state index contributed by atoms with van der Waals surface area (Å²) >= 11 is 1.49. The van der Waals surface area contributed by atoms with Crippen LogP contribution in [0.3, 0.4) is 0 Å². The molecular formula is C17H25N3O2S. The van der Waals surface area contributed by atoms with Gasteiger partial charge in [0.15, 0.2) is 0 Å². The Labute approximate surface area is 141 Å². The maximum Gasteiger partial charge on any atom is 0.252 e. The number of carbonyl (C=O) groups excluding carboxylic acids is 2. The van der Waals surface area contributed by atoms with Gasteiger partial charge in [0.2, 0.25) is 5.91 Å². The maximum absolute atomic E-state index is 12.2. The Morgan fingerprint density at radius 2 is 2.00 bits per heavy atom. The summed E-state index contributed by atoms with van der Waals surface area (Å²) in [4.78, 5) is 24.0. The second-order valence-corrected chi connectivity index (χ2v) is 7.57. The molecule has 0 radical (unpaired) electrons. The number of amides is 2. The fourth-order valence-electron chi connectivity index (χ4n) is 4.07. The lowest BCUT2D eigenvalue weighted by Crippen LogP contribution is -2.54. The van der Waals surface area contributed by atoms with E-state index in [2.05, 4.69) is 10.6 Å². The Morgan fingerprint density at radius 1 is 1.26 bits per heavy atom. The van der Waals surface area contributed by atoms with Crippen LogP contribution in [-0.4, -0.2) is 30.4 Å². The number of carbonyl (C=O) groups is 2. The first kappa shape index (κ1) is 16.5. The van der Waals surface area contributed by atoms with Crippen molar-refractivity contribution in [2.45, 2.75) is 50.6 Å². The average molecular weight is 335 g/mol. The van der Waals surface area contributed by atoms with Crippen molar-refractivity contribution >= 4 is 23.2 Å². The standard InChI is InChI=1S/C17H25N3O2S/c18-14-8-11-2-1-3-12(9-14)16(11)20-15(21)4-6-19-17(22)13-5-7-23-10-13/h5,7,10-12,14,16H,1-4,6,8-9,18H2,(H,19,22)(H,20,21). The van der Waals surface area contributed by atoms with Gasteiger partial charge >= 0.3 is 0 Å². The van der Waals surface area contributed by atoms with Gasteiger partial charge in [-0.2, -0.15) is 11.3 Å². The number of fused-ring (bicyclic) bond motifs is 2. The van der Waals surface area contributed by atoms with Crippen LogP contribution in [-0.2, 0) is 4.79 Å². The largest absolute Gasteiger partial charge is 0.353 e. The van der Waals surface area contributed by atoms with E-state index in [4.69, 9.17) is 5.73 Å². The van der Waals surface area contributed by atoms with Gasteiger partial charge in [0.25, 0.3) is 5.91 Å². The molecule has 3 rings (SSSR count). The van der Waals surface area contributed by atoms with E-state index in [-0.39, 0.29) is 17.9 Å². The Hall–Kier alpha value is -1.40. The van der Waals surface area contributed by atoms with E-state index in [1.807, 2.05) is 10.8 Å². The van der Waals surface area contributed by atoms with Gasteiger partial charge in [0.05, 0.1) is 0 Å². The van der Waals surface area contributed by atoms with Gasteiger partial charge in [-0.1, -0.05) is 6.42 Å². The van der Waals surface area contributed by atoms with E-state index < -0.39 is 0 Å². The number of hydrogen-bond donors (Lipinski definition) is 3. The molecule has 2 bridgehead atoms. The van der Waals surface area contributed by atoms with Crippen LogP contribution in [0.5, 0.6) is 0 Å². The third kappa shape index (κ3) is 4.12. The lowest BCUT2D eigenvalue weighted by atomic mass is 9.67. The highest BCUT2D eigenvalue weighted by molar-refractivity contribution is 7.08. The highest BCUT2D eigenvalue weighted by atomic mass is 32.1. The van der Waals surface area contributed by atoms with Gasteiger partial charge in [0, 0.05) is 36.0 Å². The highest BCUT2D eigenvalue weighted by Gasteiger charge is 2.39. The van der Waals surface area contributed by atoms with Gasteiger partial charge in [0.1, 0.15) is 0 Å². The molecule has 2 saturated carbocycles. The normalized spacial score (nSPS) is 29.8. The highest BCUT2D eigenvalue weighted by Crippen LogP contribution is 2.39. The molecule has 0 aliphatic heterocycles. The number of nitrogens with one attached hydrogen (secondary N) is 2. The topological polar surface area (TPSA) is 84.2 Å². The van der Waals surface area contributed by atoms with E-state index in [1.54, 1.807) is 6.07 Å². The summed E-state index contributed by atoms with van der Waals surface area (Å²) in [6, 6.07) is 2.36. The van der Waals surface area contributed by atoms with Gasteiger partial charge in [-0.15, -0.1) is 0 Å². The fraction of sp³-hybridized carbons (Fsp3) is 0.647. The molecule has 126 valence electrons. The minimum atomic E-state index is -0.112. The van der Waals surface area contributed by atoms with Crippen molar-refractivity contribution in [1.29, 1.82) is 0 Å². The molecule has 1 heterocycles. The summed E-state index contributed by atoms with van der Waals surface area (Å²) in [5.41, 5.74) is 6.78. The Balaban J connectivity index is 1.43. The van der Waals surface area contributed by atoms with Crippen LogP contribution in [0.1, 0.15) is 48.9 Å². The van der Waals surface area contributed by atoms with Crippen LogP contribution < -0.4 is 16.4 Å². The Kier molecular flexibility index (Phi) is 5.33. The molecular weight excluding hydrogens is 310 g/mol. The smallest absolute Gasteiger partial charge is 0.252 e. The summed E-state index contributed by atoms with van der Waals surface area (Å²) in [7, 11) is 0. The van der Waals surface area contributed by atoms with Crippen molar-refractivity contribution in [2.24, 2.45) is 17.6 Å². The fourth-order valence-corrected chi connectivity index (χ4v) is 4.70. The maximum atomic E-state index is 12.2. The van der Waals surface area contributed by atoms with E-state index in [0.29, 0.717) is 36.4 Å². The van der Waals surface area contributed by atoms with Gasteiger partial charge in [-0.05, 0) is 49.0 Å². The summed E-state index contributed by atoms with van der Waals surface area (Å²) in [5.74, 6) is 0.983. The summed E-state index contributed by atoms with van der Waals surface area (Å²) < 4.78 is 0. The molecule has 2 atom stereocenters. The van der Waals surface area contributed by atoms with Crippen molar-refractivity contribution in [1.82, 2.24) is 10.6 Å². The van der Waals surface area contributed by atoms with Crippen LogP contribution in [0.2, 0.25) is 0 Å². The second kappa shape index (κ2) is 7.45. The average Bonchev–Trinajstić information content (AvgIpc) is 3.02. The van der Waals surface area contributed by atoms with E-state index in [0.717, 1.165) is 12.8 Å². The number of nitrogens with two attached hydrogens (primary N) is 1. The van der Waals surface area contributed by atoms with Crippen LogP contribution in [0.25, 0.3) is 0 Å². The number of thiophene rings is 1. The van der Waals surface area contributed by atoms with E-state index in [9.17, 15) is 9.59 Å². The summed E-state index contributed by atoms with van der Waals surface area (Å²) in [6.07, 6.45) is 5.98. The minimum absolute atomic E-state index is 0.0352. The van der Waals surface area contributed by atoms with Gasteiger partial charge < -0.3 is 16.4 Å². The molecule has 2 aliphatic carbocycles. The third-order valence-electron chi connectivity index (χ3n) is 5.13. The van der Waals surface area contributed by atoms with Crippen LogP contribution in [0.15, 0.2) is 16.8 Å². The molecule has 2 fully saturated rings. The molecule has 2 aliphatic rings. The van der Waals surface area contributed by atoms with E-state index in [1.165, 1.54) is 30.6 Å². The molecule has 0 aromatic carbocycles. The monoisotopic (exact) mass is 335 g/mol. The minimum Gasteiger partial charge on any atom is -0.353 e. The lowest BCUT2D eigenvalue weighted by Gasteiger charge is -2.45. The Bertz CT molecular complexity index is 532. The zero-order chi connectivity index (χ0) is 16.2. The molecule has 2 unspecified atom stereocenters. The van der Waals surface area contributed by atoms with Gasteiger partial charge in [-0.25, -0.2) is 0 Å².